The van der Waals surface area contributed by atoms with Gasteiger partial charge in [-0.15, -0.1) is 11.3 Å². The van der Waals surface area contributed by atoms with E-state index in [1.165, 1.54) is 5.56 Å². The van der Waals surface area contributed by atoms with Gasteiger partial charge in [-0.05, 0) is 39.7 Å². The summed E-state index contributed by atoms with van der Waals surface area (Å²) >= 11 is 5.25. The van der Waals surface area contributed by atoms with Crippen molar-refractivity contribution in [1.29, 1.82) is 0 Å². The van der Waals surface area contributed by atoms with Crippen molar-refractivity contribution >= 4 is 43.3 Å². The van der Waals surface area contributed by atoms with Crippen LogP contribution in [-0.4, -0.2) is 21.5 Å². The summed E-state index contributed by atoms with van der Waals surface area (Å²) in [5.74, 6) is 1.03. The molecule has 1 aliphatic heterocycles. The van der Waals surface area contributed by atoms with Crippen LogP contribution in [0.15, 0.2) is 40.7 Å². The van der Waals surface area contributed by atoms with Gasteiger partial charge in [0.05, 0.1) is 20.0 Å². The Morgan fingerprint density at radius 2 is 2.05 bits per heavy atom. The zero-order valence-electron chi connectivity index (χ0n) is 12.3. The van der Waals surface area contributed by atoms with Gasteiger partial charge < -0.3 is 4.90 Å². The number of aromatic nitrogens is 3. The van der Waals surface area contributed by atoms with E-state index in [-0.39, 0.29) is 5.41 Å². The van der Waals surface area contributed by atoms with E-state index >= 15 is 0 Å². The number of fused-ring (bicyclic) bond motifs is 1. The maximum atomic E-state index is 4.57. The van der Waals surface area contributed by atoms with Crippen LogP contribution in [0.25, 0.3) is 10.2 Å². The molecule has 0 N–H and O–H groups in total. The standard InChI is InChI=1S/C16H15BrN4S/c1-16(2)8-21(14(16)10-3-5-18-6-4-10)15-13-11(19-9-20-15)7-12(17)22-13/h3-7,9,14H,8H2,1-2H3. The summed E-state index contributed by atoms with van der Waals surface area (Å²) in [5.41, 5.74) is 2.50. The third-order valence-electron chi connectivity index (χ3n) is 4.19. The lowest BCUT2D eigenvalue weighted by atomic mass is 9.72. The van der Waals surface area contributed by atoms with Gasteiger partial charge >= 0.3 is 0 Å². The maximum absolute atomic E-state index is 4.57. The van der Waals surface area contributed by atoms with Crippen molar-refractivity contribution in [3.8, 4) is 0 Å². The number of pyridine rings is 1. The van der Waals surface area contributed by atoms with Gasteiger partial charge in [-0.3, -0.25) is 4.98 Å². The zero-order chi connectivity index (χ0) is 15.3. The van der Waals surface area contributed by atoms with Crippen LogP contribution in [-0.2, 0) is 0 Å². The first-order valence-corrected chi connectivity index (χ1v) is 8.74. The molecule has 0 aromatic carbocycles. The Bertz CT molecular complexity index is 831. The second-order valence-electron chi connectivity index (χ2n) is 6.26. The van der Waals surface area contributed by atoms with E-state index in [2.05, 4.69) is 67.8 Å². The smallest absolute Gasteiger partial charge is 0.150 e. The minimum Gasteiger partial charge on any atom is -0.347 e. The first kappa shape index (κ1) is 14.1. The first-order valence-electron chi connectivity index (χ1n) is 7.13. The van der Waals surface area contributed by atoms with Gasteiger partial charge in [0.1, 0.15) is 6.33 Å². The number of anilines is 1. The highest BCUT2D eigenvalue weighted by molar-refractivity contribution is 9.11. The molecule has 22 heavy (non-hydrogen) atoms. The summed E-state index contributed by atoms with van der Waals surface area (Å²) in [6, 6.07) is 6.56. The van der Waals surface area contributed by atoms with Gasteiger partial charge in [-0.25, -0.2) is 9.97 Å². The van der Waals surface area contributed by atoms with Gasteiger partial charge in [0.2, 0.25) is 0 Å². The number of nitrogens with zero attached hydrogens (tertiary/aromatic N) is 4. The molecule has 1 unspecified atom stereocenters. The molecule has 1 atom stereocenters. The molecule has 0 radical (unpaired) electrons. The molecule has 0 saturated carbocycles. The van der Waals surface area contributed by atoms with Crippen LogP contribution in [0.3, 0.4) is 0 Å². The van der Waals surface area contributed by atoms with Crippen LogP contribution in [0.4, 0.5) is 5.82 Å². The Labute approximate surface area is 141 Å². The Morgan fingerprint density at radius 3 is 2.77 bits per heavy atom. The highest BCUT2D eigenvalue weighted by atomic mass is 79.9. The predicted molar refractivity (Wildman–Crippen MR) is 93.2 cm³/mol. The van der Waals surface area contributed by atoms with Crippen molar-refractivity contribution < 1.29 is 0 Å². The molecule has 1 aliphatic rings. The van der Waals surface area contributed by atoms with E-state index < -0.39 is 0 Å². The van der Waals surface area contributed by atoms with Crippen LogP contribution in [0.2, 0.25) is 0 Å². The first-order chi connectivity index (χ1) is 10.6. The monoisotopic (exact) mass is 374 g/mol. The van der Waals surface area contributed by atoms with E-state index in [0.29, 0.717) is 6.04 Å². The van der Waals surface area contributed by atoms with E-state index in [9.17, 15) is 0 Å². The molecule has 6 heteroatoms. The van der Waals surface area contributed by atoms with Crippen LogP contribution in [0.5, 0.6) is 0 Å². The molecule has 0 amide bonds. The summed E-state index contributed by atoms with van der Waals surface area (Å²) in [7, 11) is 0. The molecule has 3 aromatic rings. The number of hydrogen-bond acceptors (Lipinski definition) is 5. The Kier molecular flexibility index (Phi) is 3.20. The Balaban J connectivity index is 1.81. The van der Waals surface area contributed by atoms with Crippen LogP contribution in [0.1, 0.15) is 25.5 Å². The highest BCUT2D eigenvalue weighted by Crippen LogP contribution is 2.51. The second-order valence-corrected chi connectivity index (χ2v) is 8.69. The fraction of sp³-hybridized carbons (Fsp3) is 0.312. The molecule has 1 saturated heterocycles. The van der Waals surface area contributed by atoms with Crippen LogP contribution < -0.4 is 4.90 Å². The van der Waals surface area contributed by atoms with E-state index in [0.717, 1.165) is 26.4 Å². The topological polar surface area (TPSA) is 41.9 Å². The highest BCUT2D eigenvalue weighted by Gasteiger charge is 2.47. The lowest BCUT2D eigenvalue weighted by Gasteiger charge is -2.55. The molecule has 1 fully saturated rings. The molecule has 112 valence electrons. The van der Waals surface area contributed by atoms with Crippen molar-refractivity contribution in [3.05, 3.63) is 46.3 Å². The number of rotatable bonds is 2. The van der Waals surface area contributed by atoms with Crippen molar-refractivity contribution in [2.45, 2.75) is 19.9 Å². The quantitative estimate of drug-likeness (QED) is 0.664. The summed E-state index contributed by atoms with van der Waals surface area (Å²) in [6.45, 7) is 5.59. The van der Waals surface area contributed by atoms with Crippen molar-refractivity contribution in [2.75, 3.05) is 11.4 Å². The summed E-state index contributed by atoms with van der Waals surface area (Å²) in [4.78, 5) is 15.5. The van der Waals surface area contributed by atoms with Crippen molar-refractivity contribution in [3.63, 3.8) is 0 Å². The lowest BCUT2D eigenvalue weighted by Crippen LogP contribution is -2.56. The lowest BCUT2D eigenvalue weighted by molar-refractivity contribution is 0.179. The fourth-order valence-corrected chi connectivity index (χ4v) is 4.86. The third kappa shape index (κ3) is 2.13. The van der Waals surface area contributed by atoms with Gasteiger partial charge in [0, 0.05) is 24.4 Å². The molecule has 0 aliphatic carbocycles. The third-order valence-corrected chi connectivity index (χ3v) is 5.81. The summed E-state index contributed by atoms with van der Waals surface area (Å²) < 4.78 is 2.23. The molecule has 4 rings (SSSR count). The van der Waals surface area contributed by atoms with E-state index in [4.69, 9.17) is 0 Å². The van der Waals surface area contributed by atoms with Crippen LogP contribution in [0, 0.1) is 5.41 Å². The van der Waals surface area contributed by atoms with Gasteiger partial charge in [-0.1, -0.05) is 13.8 Å². The van der Waals surface area contributed by atoms with Gasteiger partial charge in [0.25, 0.3) is 0 Å². The number of hydrogen-bond donors (Lipinski definition) is 0. The SMILES string of the molecule is CC1(C)CN(c2ncnc3cc(Br)sc23)C1c1ccncc1. The minimum absolute atomic E-state index is 0.215. The molecule has 3 aromatic heterocycles. The average molecular weight is 375 g/mol. The molecule has 0 bridgehead atoms. The molecule has 4 nitrogen and oxygen atoms in total. The Morgan fingerprint density at radius 1 is 1.27 bits per heavy atom. The largest absolute Gasteiger partial charge is 0.347 e. The molecular formula is C16H15BrN4S. The predicted octanol–water partition coefficient (Wildman–Crippen LogP) is 4.44. The minimum atomic E-state index is 0.215. The summed E-state index contributed by atoms with van der Waals surface area (Å²) in [6.07, 6.45) is 5.38. The fourth-order valence-electron chi connectivity index (χ4n) is 3.32. The molecular weight excluding hydrogens is 360 g/mol. The average Bonchev–Trinajstić information content (AvgIpc) is 2.86. The van der Waals surface area contributed by atoms with Crippen molar-refractivity contribution in [2.24, 2.45) is 5.41 Å². The summed E-state index contributed by atoms with van der Waals surface area (Å²) in [5, 5.41) is 0. The molecule has 4 heterocycles. The van der Waals surface area contributed by atoms with E-state index in [1.54, 1.807) is 17.7 Å². The normalized spacial score (nSPS) is 20.1. The zero-order valence-corrected chi connectivity index (χ0v) is 14.7. The van der Waals surface area contributed by atoms with Gasteiger partial charge in [0.15, 0.2) is 5.82 Å². The Hall–Kier alpha value is -1.53. The number of halogens is 1. The van der Waals surface area contributed by atoms with Crippen LogP contribution >= 0.6 is 27.3 Å². The molecule has 0 spiro atoms. The number of thiophene rings is 1. The second kappa shape index (κ2) is 4.99. The van der Waals surface area contributed by atoms with Gasteiger partial charge in [-0.2, -0.15) is 0 Å². The van der Waals surface area contributed by atoms with E-state index in [1.807, 2.05) is 12.4 Å². The van der Waals surface area contributed by atoms with Crippen molar-refractivity contribution in [1.82, 2.24) is 15.0 Å². The maximum Gasteiger partial charge on any atom is 0.150 e.